The summed E-state index contributed by atoms with van der Waals surface area (Å²) in [5, 5.41) is 0. The summed E-state index contributed by atoms with van der Waals surface area (Å²) in [4.78, 5) is 0. The summed E-state index contributed by atoms with van der Waals surface area (Å²) in [6.45, 7) is 3.78. The van der Waals surface area contributed by atoms with Crippen LogP contribution >= 0.6 is 0 Å². The van der Waals surface area contributed by atoms with Gasteiger partial charge in [-0.05, 0) is 38.8 Å². The van der Waals surface area contributed by atoms with Gasteiger partial charge in [0.25, 0.3) is 5.92 Å². The minimum Gasteiger partial charge on any atom is -0.340 e. The van der Waals surface area contributed by atoms with Crippen LogP contribution in [0.5, 0.6) is 0 Å². The first-order chi connectivity index (χ1) is 6.52. The predicted molar refractivity (Wildman–Crippen MR) is 51.7 cm³/mol. The fraction of sp³-hybridized carbons (Fsp3) is 0.636. The molecule has 1 aliphatic rings. The van der Waals surface area contributed by atoms with Crippen LogP contribution in [0, 0.1) is 13.8 Å². The molecule has 0 bridgehead atoms. The standard InChI is InChI=1S/C11H15F2N/c1-8-5-6-9(2)14(8)10-4-3-7-11(10,12)13/h5-6,10H,3-4,7H2,1-2H3. The van der Waals surface area contributed by atoms with Crippen LogP contribution in [0.4, 0.5) is 8.78 Å². The molecule has 0 N–H and O–H groups in total. The molecule has 1 heterocycles. The van der Waals surface area contributed by atoms with Gasteiger partial charge in [0.2, 0.25) is 0 Å². The molecule has 2 rings (SSSR count). The monoisotopic (exact) mass is 199 g/mol. The number of rotatable bonds is 1. The second kappa shape index (κ2) is 3.07. The Hall–Kier alpha value is -0.860. The highest BCUT2D eigenvalue weighted by Crippen LogP contribution is 2.44. The molecular weight excluding hydrogens is 184 g/mol. The Balaban J connectivity index is 2.40. The molecule has 1 aromatic rings. The Kier molecular flexibility index (Phi) is 2.13. The molecule has 0 spiro atoms. The zero-order chi connectivity index (χ0) is 10.3. The van der Waals surface area contributed by atoms with E-state index in [4.69, 9.17) is 0 Å². The van der Waals surface area contributed by atoms with Gasteiger partial charge in [-0.2, -0.15) is 0 Å². The van der Waals surface area contributed by atoms with Crippen LogP contribution in [0.1, 0.15) is 36.7 Å². The van der Waals surface area contributed by atoms with Crippen molar-refractivity contribution in [1.29, 1.82) is 0 Å². The molecule has 1 atom stereocenters. The molecule has 0 saturated heterocycles. The maximum Gasteiger partial charge on any atom is 0.268 e. The summed E-state index contributed by atoms with van der Waals surface area (Å²) >= 11 is 0. The molecule has 0 aromatic carbocycles. The number of aryl methyl sites for hydroxylation is 2. The third-order valence-electron chi connectivity index (χ3n) is 3.11. The van der Waals surface area contributed by atoms with Crippen molar-refractivity contribution in [3.05, 3.63) is 23.5 Å². The summed E-state index contributed by atoms with van der Waals surface area (Å²) in [5.74, 6) is -2.52. The highest BCUT2D eigenvalue weighted by atomic mass is 19.3. The molecule has 1 aliphatic carbocycles. The van der Waals surface area contributed by atoms with Crippen LogP contribution in [0.15, 0.2) is 12.1 Å². The third-order valence-corrected chi connectivity index (χ3v) is 3.11. The number of halogens is 2. The van der Waals surface area contributed by atoms with E-state index in [9.17, 15) is 8.78 Å². The van der Waals surface area contributed by atoms with Gasteiger partial charge in [-0.15, -0.1) is 0 Å². The Morgan fingerprint density at radius 3 is 2.29 bits per heavy atom. The number of aromatic nitrogens is 1. The van der Waals surface area contributed by atoms with Crippen LogP contribution < -0.4 is 0 Å². The van der Waals surface area contributed by atoms with Gasteiger partial charge in [0.05, 0.1) is 6.04 Å². The summed E-state index contributed by atoms with van der Waals surface area (Å²) < 4.78 is 28.8. The van der Waals surface area contributed by atoms with Gasteiger partial charge in [-0.3, -0.25) is 0 Å². The molecular formula is C11H15F2N. The van der Waals surface area contributed by atoms with E-state index in [1.54, 1.807) is 4.57 Å². The van der Waals surface area contributed by atoms with E-state index in [1.165, 1.54) is 0 Å². The van der Waals surface area contributed by atoms with Crippen LogP contribution in [0.2, 0.25) is 0 Å². The van der Waals surface area contributed by atoms with E-state index in [0.29, 0.717) is 12.8 Å². The highest BCUT2D eigenvalue weighted by molar-refractivity contribution is 5.16. The van der Waals surface area contributed by atoms with Crippen molar-refractivity contribution in [2.75, 3.05) is 0 Å². The van der Waals surface area contributed by atoms with Crippen molar-refractivity contribution < 1.29 is 8.78 Å². The smallest absolute Gasteiger partial charge is 0.268 e. The average Bonchev–Trinajstić information content (AvgIpc) is 2.57. The zero-order valence-corrected chi connectivity index (χ0v) is 8.56. The van der Waals surface area contributed by atoms with Gasteiger partial charge in [0, 0.05) is 17.8 Å². The predicted octanol–water partition coefficient (Wildman–Crippen LogP) is 3.47. The number of nitrogens with zero attached hydrogens (tertiary/aromatic N) is 1. The lowest BCUT2D eigenvalue weighted by molar-refractivity contribution is -0.0316. The third kappa shape index (κ3) is 1.35. The van der Waals surface area contributed by atoms with E-state index in [-0.39, 0.29) is 6.42 Å². The van der Waals surface area contributed by atoms with Crippen molar-refractivity contribution in [1.82, 2.24) is 4.57 Å². The molecule has 0 amide bonds. The maximum atomic E-state index is 13.5. The molecule has 1 nitrogen and oxygen atoms in total. The summed E-state index contributed by atoms with van der Waals surface area (Å²) in [5.41, 5.74) is 1.88. The largest absolute Gasteiger partial charge is 0.340 e. The van der Waals surface area contributed by atoms with E-state index >= 15 is 0 Å². The van der Waals surface area contributed by atoms with Crippen molar-refractivity contribution in [3.8, 4) is 0 Å². The van der Waals surface area contributed by atoms with Crippen LogP contribution in [0.25, 0.3) is 0 Å². The summed E-state index contributed by atoms with van der Waals surface area (Å²) in [6.07, 6.45) is 1.27. The van der Waals surface area contributed by atoms with Crippen molar-refractivity contribution in [3.63, 3.8) is 0 Å². The zero-order valence-electron chi connectivity index (χ0n) is 8.56. The summed E-state index contributed by atoms with van der Waals surface area (Å²) in [6, 6.07) is 3.20. The van der Waals surface area contributed by atoms with Crippen molar-refractivity contribution in [2.45, 2.75) is 45.1 Å². The molecule has 14 heavy (non-hydrogen) atoms. The van der Waals surface area contributed by atoms with E-state index in [1.807, 2.05) is 26.0 Å². The van der Waals surface area contributed by atoms with Gasteiger partial charge in [-0.25, -0.2) is 8.78 Å². The fourth-order valence-electron chi connectivity index (χ4n) is 2.40. The summed E-state index contributed by atoms with van der Waals surface area (Å²) in [7, 11) is 0. The maximum absolute atomic E-state index is 13.5. The molecule has 0 radical (unpaired) electrons. The Labute approximate surface area is 82.7 Å². The minimum absolute atomic E-state index is 0.0364. The van der Waals surface area contributed by atoms with Crippen LogP contribution in [-0.2, 0) is 0 Å². The number of hydrogen-bond acceptors (Lipinski definition) is 0. The Morgan fingerprint density at radius 2 is 1.86 bits per heavy atom. The molecule has 1 saturated carbocycles. The molecule has 1 fully saturated rings. The van der Waals surface area contributed by atoms with Gasteiger partial charge < -0.3 is 4.57 Å². The quantitative estimate of drug-likeness (QED) is 0.652. The topological polar surface area (TPSA) is 4.93 Å². The lowest BCUT2D eigenvalue weighted by Gasteiger charge is -2.24. The Bertz CT molecular complexity index is 322. The van der Waals surface area contributed by atoms with E-state index in [0.717, 1.165) is 11.4 Å². The Morgan fingerprint density at radius 1 is 1.29 bits per heavy atom. The molecule has 0 aliphatic heterocycles. The molecule has 1 unspecified atom stereocenters. The first kappa shape index (κ1) is 9.69. The van der Waals surface area contributed by atoms with E-state index < -0.39 is 12.0 Å². The lowest BCUT2D eigenvalue weighted by atomic mass is 10.2. The van der Waals surface area contributed by atoms with Crippen LogP contribution in [0.3, 0.4) is 0 Å². The van der Waals surface area contributed by atoms with Crippen LogP contribution in [-0.4, -0.2) is 10.5 Å². The first-order valence-corrected chi connectivity index (χ1v) is 5.04. The molecule has 1 aromatic heterocycles. The van der Waals surface area contributed by atoms with Gasteiger partial charge in [0.1, 0.15) is 0 Å². The van der Waals surface area contributed by atoms with Gasteiger partial charge in [-0.1, -0.05) is 0 Å². The highest BCUT2D eigenvalue weighted by Gasteiger charge is 2.45. The second-order valence-corrected chi connectivity index (χ2v) is 4.16. The van der Waals surface area contributed by atoms with Crippen molar-refractivity contribution in [2.24, 2.45) is 0 Å². The second-order valence-electron chi connectivity index (χ2n) is 4.16. The average molecular weight is 199 g/mol. The first-order valence-electron chi connectivity index (χ1n) is 5.04. The minimum atomic E-state index is -2.52. The van der Waals surface area contributed by atoms with Gasteiger partial charge in [0.15, 0.2) is 0 Å². The normalized spacial score (nSPS) is 25.6. The fourth-order valence-corrected chi connectivity index (χ4v) is 2.40. The number of alkyl halides is 2. The van der Waals surface area contributed by atoms with Gasteiger partial charge >= 0.3 is 0 Å². The SMILES string of the molecule is Cc1ccc(C)n1C1CCCC1(F)F. The lowest BCUT2D eigenvalue weighted by Crippen LogP contribution is -2.26. The molecule has 3 heteroatoms. The van der Waals surface area contributed by atoms with Crippen molar-refractivity contribution >= 4 is 0 Å². The molecule has 78 valence electrons. The van der Waals surface area contributed by atoms with E-state index in [2.05, 4.69) is 0 Å². The number of hydrogen-bond donors (Lipinski definition) is 0.